The molecular formula is C13H30N4. The van der Waals surface area contributed by atoms with Crippen molar-refractivity contribution in [1.29, 1.82) is 0 Å². The highest BCUT2D eigenvalue weighted by Gasteiger charge is 2.15. The van der Waals surface area contributed by atoms with Gasteiger partial charge in [-0.25, -0.2) is 0 Å². The number of hydrogen-bond acceptors (Lipinski definition) is 4. The molecular weight excluding hydrogens is 212 g/mol. The van der Waals surface area contributed by atoms with E-state index in [9.17, 15) is 0 Å². The van der Waals surface area contributed by atoms with Crippen LogP contribution in [0.1, 0.15) is 19.3 Å². The lowest BCUT2D eigenvalue weighted by Crippen LogP contribution is -2.48. The molecule has 1 heterocycles. The second-order valence-corrected chi connectivity index (χ2v) is 5.34. The van der Waals surface area contributed by atoms with Crippen LogP contribution < -0.4 is 5.73 Å². The van der Waals surface area contributed by atoms with Crippen LogP contribution in [0.15, 0.2) is 0 Å². The first-order valence-corrected chi connectivity index (χ1v) is 7.02. The van der Waals surface area contributed by atoms with E-state index in [4.69, 9.17) is 5.73 Å². The van der Waals surface area contributed by atoms with E-state index in [0.29, 0.717) is 0 Å². The number of likely N-dealkylation sites (N-methyl/N-ethyl adjacent to an activating group) is 1. The van der Waals surface area contributed by atoms with Crippen LogP contribution in [0.4, 0.5) is 0 Å². The normalized spacial score (nSPS) is 19.1. The Hall–Kier alpha value is -0.160. The van der Waals surface area contributed by atoms with Crippen LogP contribution in [0.3, 0.4) is 0 Å². The molecule has 0 spiro atoms. The average molecular weight is 242 g/mol. The summed E-state index contributed by atoms with van der Waals surface area (Å²) in [5.74, 6) is 0. The molecule has 4 heteroatoms. The quantitative estimate of drug-likeness (QED) is 0.621. The van der Waals surface area contributed by atoms with Gasteiger partial charge in [0.15, 0.2) is 0 Å². The number of piperazine rings is 1. The fraction of sp³-hybridized carbons (Fsp3) is 1.00. The molecule has 0 unspecified atom stereocenters. The Morgan fingerprint density at radius 2 is 1.47 bits per heavy atom. The minimum atomic E-state index is 0.846. The minimum absolute atomic E-state index is 0.846. The Bertz CT molecular complexity index is 176. The Labute approximate surface area is 107 Å². The van der Waals surface area contributed by atoms with Crippen molar-refractivity contribution in [2.45, 2.75) is 19.3 Å². The number of unbranched alkanes of at least 4 members (excludes halogenated alkanes) is 2. The molecule has 0 radical (unpaired) electrons. The molecule has 2 N–H and O–H groups in total. The van der Waals surface area contributed by atoms with Crippen molar-refractivity contribution in [1.82, 2.24) is 14.7 Å². The van der Waals surface area contributed by atoms with Gasteiger partial charge >= 0.3 is 0 Å². The molecule has 0 atom stereocenters. The van der Waals surface area contributed by atoms with Gasteiger partial charge in [-0.15, -0.1) is 0 Å². The van der Waals surface area contributed by atoms with E-state index >= 15 is 0 Å². The molecule has 17 heavy (non-hydrogen) atoms. The van der Waals surface area contributed by atoms with Gasteiger partial charge in [-0.1, -0.05) is 6.42 Å². The van der Waals surface area contributed by atoms with Crippen molar-refractivity contribution in [3.63, 3.8) is 0 Å². The summed E-state index contributed by atoms with van der Waals surface area (Å²) in [7, 11) is 4.29. The monoisotopic (exact) mass is 242 g/mol. The van der Waals surface area contributed by atoms with Crippen molar-refractivity contribution in [3.8, 4) is 0 Å². The Morgan fingerprint density at radius 3 is 2.00 bits per heavy atom. The standard InChI is InChI=1S/C13H30N4/c1-15(2)8-9-17-12-10-16(11-13-17)7-5-3-4-6-14/h3-14H2,1-2H3. The Morgan fingerprint density at radius 1 is 0.882 bits per heavy atom. The molecule has 0 saturated carbocycles. The first-order chi connectivity index (χ1) is 8.22. The van der Waals surface area contributed by atoms with Crippen LogP contribution in [-0.2, 0) is 0 Å². The SMILES string of the molecule is CN(C)CCN1CCN(CCCCCN)CC1. The molecule has 1 saturated heterocycles. The summed E-state index contributed by atoms with van der Waals surface area (Å²) in [4.78, 5) is 7.44. The van der Waals surface area contributed by atoms with Crippen LogP contribution in [-0.4, -0.2) is 81.2 Å². The molecule has 0 bridgehead atoms. The average Bonchev–Trinajstić information content (AvgIpc) is 2.33. The highest BCUT2D eigenvalue weighted by molar-refractivity contribution is 4.72. The first-order valence-electron chi connectivity index (χ1n) is 7.02. The van der Waals surface area contributed by atoms with E-state index in [-0.39, 0.29) is 0 Å². The molecule has 1 fully saturated rings. The van der Waals surface area contributed by atoms with Gasteiger partial charge in [0.25, 0.3) is 0 Å². The predicted octanol–water partition coefficient (Wildman–Crippen LogP) is 0.295. The second kappa shape index (κ2) is 8.86. The fourth-order valence-electron chi connectivity index (χ4n) is 2.23. The van der Waals surface area contributed by atoms with Crippen LogP contribution in [0.5, 0.6) is 0 Å². The van der Waals surface area contributed by atoms with E-state index in [0.717, 1.165) is 6.54 Å². The number of rotatable bonds is 8. The summed E-state index contributed by atoms with van der Waals surface area (Å²) >= 11 is 0. The highest BCUT2D eigenvalue weighted by atomic mass is 15.3. The zero-order chi connectivity index (χ0) is 12.5. The maximum Gasteiger partial charge on any atom is 0.0110 e. The number of hydrogen-bond donors (Lipinski definition) is 1. The smallest absolute Gasteiger partial charge is 0.0110 e. The summed E-state index contributed by atoms with van der Waals surface area (Å²) in [6.45, 7) is 9.48. The third kappa shape index (κ3) is 6.99. The second-order valence-electron chi connectivity index (χ2n) is 5.34. The Balaban J connectivity index is 2.01. The van der Waals surface area contributed by atoms with Gasteiger partial charge in [-0.05, 0) is 40.0 Å². The predicted molar refractivity (Wildman–Crippen MR) is 74.3 cm³/mol. The largest absolute Gasteiger partial charge is 0.330 e. The lowest BCUT2D eigenvalue weighted by molar-refractivity contribution is 0.124. The van der Waals surface area contributed by atoms with Gasteiger partial charge < -0.3 is 15.5 Å². The van der Waals surface area contributed by atoms with Gasteiger partial charge in [0.05, 0.1) is 0 Å². The molecule has 0 aromatic rings. The van der Waals surface area contributed by atoms with Gasteiger partial charge in [0.2, 0.25) is 0 Å². The minimum Gasteiger partial charge on any atom is -0.330 e. The molecule has 1 rings (SSSR count). The summed E-state index contributed by atoms with van der Waals surface area (Å²) in [6.07, 6.45) is 3.79. The van der Waals surface area contributed by atoms with Crippen molar-refractivity contribution in [3.05, 3.63) is 0 Å². The summed E-state index contributed by atoms with van der Waals surface area (Å²) in [5.41, 5.74) is 5.50. The molecule has 1 aliphatic heterocycles. The van der Waals surface area contributed by atoms with E-state index in [2.05, 4.69) is 28.8 Å². The first kappa shape index (κ1) is 14.9. The molecule has 0 aromatic heterocycles. The maximum atomic E-state index is 5.50. The Kier molecular flexibility index (Phi) is 7.77. The number of nitrogens with zero attached hydrogens (tertiary/aromatic N) is 3. The zero-order valence-electron chi connectivity index (χ0n) is 11.7. The zero-order valence-corrected chi connectivity index (χ0v) is 11.7. The fourth-order valence-corrected chi connectivity index (χ4v) is 2.23. The van der Waals surface area contributed by atoms with Gasteiger partial charge in [0.1, 0.15) is 0 Å². The van der Waals surface area contributed by atoms with Crippen molar-refractivity contribution < 1.29 is 0 Å². The van der Waals surface area contributed by atoms with Crippen molar-refractivity contribution >= 4 is 0 Å². The van der Waals surface area contributed by atoms with E-state index < -0.39 is 0 Å². The van der Waals surface area contributed by atoms with Gasteiger partial charge in [0, 0.05) is 39.3 Å². The molecule has 4 nitrogen and oxygen atoms in total. The van der Waals surface area contributed by atoms with E-state index in [1.54, 1.807) is 0 Å². The van der Waals surface area contributed by atoms with E-state index in [1.165, 1.54) is 65.1 Å². The van der Waals surface area contributed by atoms with Crippen molar-refractivity contribution in [2.75, 3.05) is 66.5 Å². The number of nitrogens with two attached hydrogens (primary N) is 1. The molecule has 1 aliphatic rings. The molecule has 0 amide bonds. The molecule has 102 valence electrons. The maximum absolute atomic E-state index is 5.50. The lowest BCUT2D eigenvalue weighted by atomic mass is 10.2. The van der Waals surface area contributed by atoms with Gasteiger partial charge in [-0.2, -0.15) is 0 Å². The third-order valence-corrected chi connectivity index (χ3v) is 3.51. The van der Waals surface area contributed by atoms with Crippen LogP contribution in [0.2, 0.25) is 0 Å². The van der Waals surface area contributed by atoms with Crippen molar-refractivity contribution in [2.24, 2.45) is 5.73 Å². The summed E-state index contributed by atoms with van der Waals surface area (Å²) < 4.78 is 0. The summed E-state index contributed by atoms with van der Waals surface area (Å²) in [6, 6.07) is 0. The van der Waals surface area contributed by atoms with Crippen LogP contribution in [0.25, 0.3) is 0 Å². The molecule has 0 aromatic carbocycles. The van der Waals surface area contributed by atoms with E-state index in [1.807, 2.05) is 0 Å². The third-order valence-electron chi connectivity index (χ3n) is 3.51. The molecule has 0 aliphatic carbocycles. The topological polar surface area (TPSA) is 35.7 Å². The van der Waals surface area contributed by atoms with Gasteiger partial charge in [-0.3, -0.25) is 4.90 Å². The van der Waals surface area contributed by atoms with Crippen LogP contribution >= 0.6 is 0 Å². The lowest BCUT2D eigenvalue weighted by Gasteiger charge is -2.35. The summed E-state index contributed by atoms with van der Waals surface area (Å²) in [5, 5.41) is 0. The van der Waals surface area contributed by atoms with Crippen LogP contribution in [0, 0.1) is 0 Å². The highest BCUT2D eigenvalue weighted by Crippen LogP contribution is 2.04.